The van der Waals surface area contributed by atoms with E-state index < -0.39 is 0 Å². The van der Waals surface area contributed by atoms with Gasteiger partial charge in [-0.3, -0.25) is 4.68 Å². The van der Waals surface area contributed by atoms with Crippen LogP contribution in [0.3, 0.4) is 0 Å². The summed E-state index contributed by atoms with van der Waals surface area (Å²) in [6.07, 6.45) is 5.19. The van der Waals surface area contributed by atoms with E-state index in [1.165, 1.54) is 0 Å². The molecule has 0 saturated heterocycles. The van der Waals surface area contributed by atoms with Gasteiger partial charge in [-0.1, -0.05) is 0 Å². The van der Waals surface area contributed by atoms with Gasteiger partial charge < -0.3 is 20.8 Å². The molecule has 0 aliphatic carbocycles. The van der Waals surface area contributed by atoms with Crippen LogP contribution in [0.2, 0.25) is 0 Å². The van der Waals surface area contributed by atoms with Gasteiger partial charge in [-0.15, -0.1) is 10.2 Å². The molecule has 0 amide bonds. The van der Waals surface area contributed by atoms with Gasteiger partial charge in [0.05, 0.1) is 18.7 Å². The molecule has 4 aromatic heterocycles. The zero-order chi connectivity index (χ0) is 21.7. The van der Waals surface area contributed by atoms with Gasteiger partial charge in [0.1, 0.15) is 29.3 Å². The Bertz CT molecular complexity index is 1430. The number of hydrogen-bond acceptors (Lipinski definition) is 9. The molecule has 1 aromatic carbocycles. The number of ether oxygens (including phenoxy) is 1. The van der Waals surface area contributed by atoms with Crippen molar-refractivity contribution in [1.82, 2.24) is 44.3 Å². The Morgan fingerprint density at radius 1 is 1.06 bits per heavy atom. The highest BCUT2D eigenvalue weighted by atomic mass is 16.5. The third-order valence-corrected chi connectivity index (χ3v) is 4.93. The second-order valence-corrected chi connectivity index (χ2v) is 6.98. The highest BCUT2D eigenvalue weighted by Gasteiger charge is 2.22. The molecule has 0 aliphatic rings. The van der Waals surface area contributed by atoms with Crippen molar-refractivity contribution >= 4 is 22.8 Å². The number of aryl methyl sites for hydroxylation is 2. The largest absolute Gasteiger partial charge is 0.494 e. The fourth-order valence-corrected chi connectivity index (χ4v) is 3.51. The lowest BCUT2D eigenvalue weighted by Gasteiger charge is -2.11. The lowest BCUT2D eigenvalue weighted by molar-refractivity contribution is 0.412. The maximum atomic E-state index is 6.21. The summed E-state index contributed by atoms with van der Waals surface area (Å²) >= 11 is 0. The van der Waals surface area contributed by atoms with E-state index in [9.17, 15) is 0 Å². The van der Waals surface area contributed by atoms with Crippen LogP contribution in [0.15, 0.2) is 36.9 Å². The van der Waals surface area contributed by atoms with Gasteiger partial charge in [0.15, 0.2) is 11.5 Å². The number of benzene rings is 1. The molecular weight excluding hydrogens is 398 g/mol. The van der Waals surface area contributed by atoms with Crippen LogP contribution < -0.4 is 16.2 Å². The Labute approximate surface area is 176 Å². The minimum absolute atomic E-state index is 0.0542. The zero-order valence-corrected chi connectivity index (χ0v) is 17.1. The number of nitrogens with zero attached hydrogens (tertiary/aromatic N) is 9. The van der Waals surface area contributed by atoms with Crippen LogP contribution in [0.5, 0.6) is 5.75 Å². The fraction of sp³-hybridized carbons (Fsp3) is 0.158. The predicted molar refractivity (Wildman–Crippen MR) is 114 cm³/mol. The monoisotopic (exact) mass is 417 g/mol. The first kappa shape index (κ1) is 18.5. The van der Waals surface area contributed by atoms with E-state index in [-0.39, 0.29) is 11.8 Å². The molecule has 0 fully saturated rings. The lowest BCUT2D eigenvalue weighted by atomic mass is 10.1. The lowest BCUT2D eigenvalue weighted by Crippen LogP contribution is -2.05. The molecule has 0 bridgehead atoms. The summed E-state index contributed by atoms with van der Waals surface area (Å²) in [5.74, 6) is 1.57. The Balaban J connectivity index is 1.76. The van der Waals surface area contributed by atoms with E-state index >= 15 is 0 Å². The normalized spacial score (nSPS) is 11.3. The van der Waals surface area contributed by atoms with Gasteiger partial charge in [0.2, 0.25) is 5.95 Å². The standard InChI is InChI=1S/C19H19N11O/c1-28-9-22-26-17(28)10-4-5-12(13(6-10)31-3)30-18-14(16(20)24-19(21)25-18)15(27-30)11-7-23-29(2)8-11/h4-9H,1-3H3,(H4,20,21,24,25). The summed E-state index contributed by atoms with van der Waals surface area (Å²) in [6.45, 7) is 0. The van der Waals surface area contributed by atoms with Crippen molar-refractivity contribution < 1.29 is 4.74 Å². The van der Waals surface area contributed by atoms with Crippen molar-refractivity contribution in [3.8, 4) is 34.1 Å². The molecule has 12 heteroatoms. The van der Waals surface area contributed by atoms with Crippen molar-refractivity contribution in [1.29, 1.82) is 0 Å². The van der Waals surface area contributed by atoms with E-state index in [2.05, 4.69) is 25.3 Å². The van der Waals surface area contributed by atoms with Crippen molar-refractivity contribution in [3.63, 3.8) is 0 Å². The highest BCUT2D eigenvalue weighted by Crippen LogP contribution is 2.35. The first-order chi connectivity index (χ1) is 15.0. The Kier molecular flexibility index (Phi) is 4.06. The van der Waals surface area contributed by atoms with Gasteiger partial charge >= 0.3 is 0 Å². The SMILES string of the molecule is COc1cc(-c2nncn2C)ccc1-n1nc(-c2cnn(C)c2)c2c(N)nc(N)nc21. The van der Waals surface area contributed by atoms with Crippen LogP contribution in [-0.2, 0) is 14.1 Å². The topological polar surface area (TPSA) is 153 Å². The van der Waals surface area contributed by atoms with Crippen molar-refractivity contribution in [2.45, 2.75) is 0 Å². The van der Waals surface area contributed by atoms with Crippen LogP contribution in [0.25, 0.3) is 39.4 Å². The zero-order valence-electron chi connectivity index (χ0n) is 17.1. The van der Waals surface area contributed by atoms with Gasteiger partial charge in [-0.25, -0.2) is 4.68 Å². The maximum absolute atomic E-state index is 6.21. The fourth-order valence-electron chi connectivity index (χ4n) is 3.51. The maximum Gasteiger partial charge on any atom is 0.224 e. The Morgan fingerprint density at radius 3 is 2.58 bits per heavy atom. The molecule has 0 aliphatic heterocycles. The second-order valence-electron chi connectivity index (χ2n) is 6.98. The third-order valence-electron chi connectivity index (χ3n) is 4.93. The summed E-state index contributed by atoms with van der Waals surface area (Å²) in [5.41, 5.74) is 15.4. The van der Waals surface area contributed by atoms with Crippen LogP contribution in [0.1, 0.15) is 0 Å². The minimum atomic E-state index is 0.0542. The minimum Gasteiger partial charge on any atom is -0.494 e. The van der Waals surface area contributed by atoms with Crippen LogP contribution in [0.4, 0.5) is 11.8 Å². The summed E-state index contributed by atoms with van der Waals surface area (Å²) in [7, 11) is 5.29. The number of hydrogen-bond donors (Lipinski definition) is 2. The average molecular weight is 417 g/mol. The predicted octanol–water partition coefficient (Wildman–Crippen LogP) is 1.18. The van der Waals surface area contributed by atoms with Crippen LogP contribution >= 0.6 is 0 Å². The number of nitrogen functional groups attached to an aromatic ring is 2. The molecule has 0 radical (unpaired) electrons. The molecule has 156 valence electrons. The van der Waals surface area contributed by atoms with Crippen molar-refractivity contribution in [2.24, 2.45) is 14.1 Å². The first-order valence-electron chi connectivity index (χ1n) is 9.29. The molecule has 5 aromatic rings. The van der Waals surface area contributed by atoms with Gasteiger partial charge in [0, 0.05) is 31.4 Å². The van der Waals surface area contributed by atoms with E-state index in [4.69, 9.17) is 21.3 Å². The summed E-state index contributed by atoms with van der Waals surface area (Å²) < 4.78 is 10.8. The molecule has 5 rings (SSSR count). The molecule has 0 unspecified atom stereocenters. The molecule has 0 atom stereocenters. The number of nitrogens with two attached hydrogens (primary N) is 2. The molecular formula is C19H19N11O. The van der Waals surface area contributed by atoms with Gasteiger partial charge in [-0.2, -0.15) is 20.2 Å². The van der Waals surface area contributed by atoms with E-state index in [1.807, 2.05) is 43.1 Å². The first-order valence-corrected chi connectivity index (χ1v) is 9.29. The summed E-state index contributed by atoms with van der Waals surface area (Å²) in [5, 5.41) is 17.7. The third kappa shape index (κ3) is 2.92. The Morgan fingerprint density at radius 2 is 1.90 bits per heavy atom. The molecule has 0 saturated carbocycles. The van der Waals surface area contributed by atoms with E-state index in [0.29, 0.717) is 34.0 Å². The van der Waals surface area contributed by atoms with E-state index in [1.54, 1.807) is 29.0 Å². The quantitative estimate of drug-likeness (QED) is 0.439. The number of aromatic nitrogens is 9. The van der Waals surface area contributed by atoms with Crippen LogP contribution in [-0.4, -0.2) is 51.4 Å². The average Bonchev–Trinajstić information content (AvgIpc) is 3.46. The smallest absolute Gasteiger partial charge is 0.224 e. The highest BCUT2D eigenvalue weighted by molar-refractivity contribution is 5.99. The molecule has 4 N–H and O–H groups in total. The Hall–Kier alpha value is -4.48. The number of fused-ring (bicyclic) bond motifs is 1. The van der Waals surface area contributed by atoms with Crippen molar-refractivity contribution in [3.05, 3.63) is 36.9 Å². The van der Waals surface area contributed by atoms with E-state index in [0.717, 1.165) is 11.1 Å². The number of rotatable bonds is 4. The second kappa shape index (κ2) is 6.79. The van der Waals surface area contributed by atoms with Gasteiger partial charge in [-0.05, 0) is 18.2 Å². The van der Waals surface area contributed by atoms with Crippen molar-refractivity contribution in [2.75, 3.05) is 18.6 Å². The van der Waals surface area contributed by atoms with Crippen LogP contribution in [0, 0.1) is 0 Å². The molecule has 31 heavy (non-hydrogen) atoms. The molecule has 4 heterocycles. The molecule has 12 nitrogen and oxygen atoms in total. The van der Waals surface area contributed by atoms with Gasteiger partial charge in [0.25, 0.3) is 0 Å². The number of anilines is 2. The number of methoxy groups -OCH3 is 1. The molecule has 0 spiro atoms. The summed E-state index contributed by atoms with van der Waals surface area (Å²) in [4.78, 5) is 8.52. The summed E-state index contributed by atoms with van der Waals surface area (Å²) in [6, 6.07) is 5.65.